The van der Waals surface area contributed by atoms with Gasteiger partial charge < -0.3 is 20.5 Å². The number of ether oxygens (including phenoxy) is 1. The van der Waals surface area contributed by atoms with Gasteiger partial charge >= 0.3 is 0 Å². The van der Waals surface area contributed by atoms with Gasteiger partial charge in [-0.15, -0.1) is 11.8 Å². The summed E-state index contributed by atoms with van der Waals surface area (Å²) in [6, 6.07) is 11.2. The molecule has 4 heterocycles. The maximum atomic E-state index is 11.7. The highest BCUT2D eigenvalue weighted by molar-refractivity contribution is 8.00. The Morgan fingerprint density at radius 3 is 2.86 bits per heavy atom. The number of halogens is 1. The lowest BCUT2D eigenvalue weighted by Crippen LogP contribution is -2.50. The fourth-order valence-corrected chi connectivity index (χ4v) is 7.07. The monoisotopic (exact) mass is 539 g/mol. The number of hydrogen-bond donors (Lipinski definition) is 3. The maximum Gasteiger partial charge on any atom is 0.234 e. The Morgan fingerprint density at radius 2 is 2.08 bits per heavy atom. The molecule has 2 saturated heterocycles. The smallest absolute Gasteiger partial charge is 0.234 e. The van der Waals surface area contributed by atoms with Crippen molar-refractivity contribution in [1.29, 1.82) is 0 Å². The van der Waals surface area contributed by atoms with Crippen LogP contribution in [0.25, 0.3) is 11.0 Å². The molecule has 2 fully saturated rings. The molecular weight excluding hydrogens is 510 g/mol. The highest BCUT2D eigenvalue weighted by atomic mass is 35.5. The Labute approximate surface area is 225 Å². The first-order valence-electron chi connectivity index (χ1n) is 12.7. The van der Waals surface area contributed by atoms with Crippen LogP contribution < -0.4 is 15.4 Å². The predicted molar refractivity (Wildman–Crippen MR) is 145 cm³/mol. The standard InChI is InChI=1S/C27H30ClN5O3S/c1-36-25-12-30-20-6-5-19(28)26(27(20)32-25)22(34)13-33-17-3-4-18(33)10-16(9-17)29-11-15-2-7-23-21(8-15)31-24(35)14-37-23/h2,5-8,12,16-18,22,29,34H,3-4,9-11,13-14H2,1H3,(H,31,35). The van der Waals surface area contributed by atoms with Gasteiger partial charge in [0.1, 0.15) is 5.52 Å². The molecule has 3 N–H and O–H groups in total. The van der Waals surface area contributed by atoms with Crippen LogP contribution in [0.3, 0.4) is 0 Å². The summed E-state index contributed by atoms with van der Waals surface area (Å²) in [6.45, 7) is 1.29. The Kier molecular flexibility index (Phi) is 6.98. The van der Waals surface area contributed by atoms with Crippen molar-refractivity contribution in [3.05, 3.63) is 52.7 Å². The molecule has 3 atom stereocenters. The van der Waals surface area contributed by atoms with Crippen LogP contribution in [0, 0.1) is 0 Å². The topological polar surface area (TPSA) is 99.6 Å². The maximum absolute atomic E-state index is 11.7. The van der Waals surface area contributed by atoms with Crippen molar-refractivity contribution in [2.45, 2.75) is 61.4 Å². The number of fused-ring (bicyclic) bond motifs is 4. The SMILES string of the molecule is COc1cnc2ccc(Cl)c(C(O)CN3C4CCC3CC(NCc3ccc5c(c3)NC(=O)CS5)C4)c2n1. The van der Waals surface area contributed by atoms with Gasteiger partial charge in [-0.1, -0.05) is 17.7 Å². The normalized spacial score (nSPS) is 24.1. The number of aliphatic hydroxyl groups excluding tert-OH is 1. The third kappa shape index (κ3) is 5.03. The molecule has 0 spiro atoms. The van der Waals surface area contributed by atoms with Gasteiger partial charge in [0.25, 0.3) is 0 Å². The van der Waals surface area contributed by atoms with E-state index in [4.69, 9.17) is 16.3 Å². The number of anilines is 1. The second-order valence-corrected chi connectivity index (χ2v) is 11.5. The largest absolute Gasteiger partial charge is 0.480 e. The molecule has 3 unspecified atom stereocenters. The zero-order valence-electron chi connectivity index (χ0n) is 20.6. The van der Waals surface area contributed by atoms with E-state index in [1.165, 1.54) is 5.56 Å². The first-order valence-corrected chi connectivity index (χ1v) is 14.1. The number of thioether (sulfide) groups is 1. The fourth-order valence-electron chi connectivity index (χ4n) is 6.01. The van der Waals surface area contributed by atoms with Gasteiger partial charge in [0.15, 0.2) is 0 Å². The van der Waals surface area contributed by atoms with Gasteiger partial charge in [-0.05, 0) is 55.5 Å². The highest BCUT2D eigenvalue weighted by Crippen LogP contribution is 2.39. The number of carbonyl (C=O) groups excluding carboxylic acids is 1. The lowest BCUT2D eigenvalue weighted by molar-refractivity contribution is -0.113. The van der Waals surface area contributed by atoms with Crippen molar-refractivity contribution in [2.75, 3.05) is 24.7 Å². The first-order chi connectivity index (χ1) is 18.0. The number of nitrogens with one attached hydrogen (secondary N) is 2. The summed E-state index contributed by atoms with van der Waals surface area (Å²) in [6.07, 6.45) is 5.15. The summed E-state index contributed by atoms with van der Waals surface area (Å²) in [7, 11) is 1.55. The molecule has 0 saturated carbocycles. The lowest BCUT2D eigenvalue weighted by Gasteiger charge is -2.40. The molecule has 194 valence electrons. The number of piperidine rings is 1. The molecule has 3 aliphatic heterocycles. The van der Waals surface area contributed by atoms with Gasteiger partial charge in [-0.25, -0.2) is 9.97 Å². The van der Waals surface area contributed by atoms with E-state index in [1.807, 2.05) is 6.07 Å². The van der Waals surface area contributed by atoms with Gasteiger partial charge in [0.05, 0.1) is 36.4 Å². The van der Waals surface area contributed by atoms with E-state index >= 15 is 0 Å². The van der Waals surface area contributed by atoms with Crippen LogP contribution in [0.1, 0.15) is 42.9 Å². The minimum Gasteiger partial charge on any atom is -0.480 e. The van der Waals surface area contributed by atoms with Crippen molar-refractivity contribution < 1.29 is 14.6 Å². The Hall–Kier alpha value is -2.43. The van der Waals surface area contributed by atoms with Crippen molar-refractivity contribution in [2.24, 2.45) is 0 Å². The summed E-state index contributed by atoms with van der Waals surface area (Å²) >= 11 is 8.14. The van der Waals surface area contributed by atoms with Crippen LogP contribution in [-0.2, 0) is 11.3 Å². The summed E-state index contributed by atoms with van der Waals surface area (Å²) < 4.78 is 5.25. The van der Waals surface area contributed by atoms with E-state index < -0.39 is 6.10 Å². The molecule has 3 aromatic rings. The number of aromatic nitrogens is 2. The average Bonchev–Trinajstić information content (AvgIpc) is 3.12. The van der Waals surface area contributed by atoms with Crippen LogP contribution in [0.2, 0.25) is 5.02 Å². The quantitative estimate of drug-likeness (QED) is 0.412. The molecule has 2 aromatic carbocycles. The van der Waals surface area contributed by atoms with Crippen molar-refractivity contribution in [1.82, 2.24) is 20.2 Å². The third-order valence-electron chi connectivity index (χ3n) is 7.76. The fraction of sp³-hybridized carbons (Fsp3) is 0.444. The number of nitrogens with zero attached hydrogens (tertiary/aromatic N) is 3. The lowest BCUT2D eigenvalue weighted by atomic mass is 9.95. The molecule has 37 heavy (non-hydrogen) atoms. The number of benzene rings is 2. The van der Waals surface area contributed by atoms with Crippen LogP contribution in [0.5, 0.6) is 5.88 Å². The van der Waals surface area contributed by atoms with E-state index in [2.05, 4.69) is 43.7 Å². The van der Waals surface area contributed by atoms with E-state index in [1.54, 1.807) is 31.1 Å². The zero-order chi connectivity index (χ0) is 25.5. The van der Waals surface area contributed by atoms with Crippen molar-refractivity contribution in [3.63, 3.8) is 0 Å². The summed E-state index contributed by atoms with van der Waals surface area (Å²) in [5, 5.41) is 18.5. The molecule has 1 aromatic heterocycles. The molecule has 2 bridgehead atoms. The molecule has 3 aliphatic rings. The van der Waals surface area contributed by atoms with Gasteiger partial charge in [0, 0.05) is 46.7 Å². The van der Waals surface area contributed by atoms with Crippen LogP contribution >= 0.6 is 23.4 Å². The van der Waals surface area contributed by atoms with Gasteiger partial charge in [-0.3, -0.25) is 9.69 Å². The number of aliphatic hydroxyl groups is 1. The Bertz CT molecular complexity index is 1330. The third-order valence-corrected chi connectivity index (χ3v) is 9.16. The Balaban J connectivity index is 1.11. The summed E-state index contributed by atoms with van der Waals surface area (Å²) in [5.41, 5.74) is 3.98. The van der Waals surface area contributed by atoms with Crippen LogP contribution in [0.15, 0.2) is 41.4 Å². The van der Waals surface area contributed by atoms with Crippen LogP contribution in [0.4, 0.5) is 5.69 Å². The number of hydrogen-bond acceptors (Lipinski definition) is 8. The van der Waals surface area contributed by atoms with Gasteiger partial charge in [-0.2, -0.15) is 0 Å². The van der Waals surface area contributed by atoms with Crippen LogP contribution in [-0.4, -0.2) is 63.4 Å². The molecule has 10 heteroatoms. The number of methoxy groups -OCH3 is 1. The molecular formula is C27H30ClN5O3S. The van der Waals surface area contributed by atoms with E-state index in [0.717, 1.165) is 42.8 Å². The zero-order valence-corrected chi connectivity index (χ0v) is 22.2. The molecule has 0 aliphatic carbocycles. The minimum atomic E-state index is -0.770. The van der Waals surface area contributed by atoms with E-state index in [0.29, 0.717) is 57.9 Å². The molecule has 8 nitrogen and oxygen atoms in total. The van der Waals surface area contributed by atoms with Crippen molar-refractivity contribution >= 4 is 46.0 Å². The first kappa shape index (κ1) is 24.9. The van der Waals surface area contributed by atoms with Gasteiger partial charge in [0.2, 0.25) is 11.8 Å². The number of amides is 1. The Morgan fingerprint density at radius 1 is 1.27 bits per heavy atom. The average molecular weight is 540 g/mol. The number of carbonyl (C=O) groups is 1. The van der Waals surface area contributed by atoms with E-state index in [-0.39, 0.29) is 5.91 Å². The molecule has 1 amide bonds. The number of rotatable bonds is 7. The summed E-state index contributed by atoms with van der Waals surface area (Å²) in [4.78, 5) is 24.3. The molecule has 6 rings (SSSR count). The van der Waals surface area contributed by atoms with Crippen molar-refractivity contribution in [3.8, 4) is 5.88 Å². The van der Waals surface area contributed by atoms with E-state index in [9.17, 15) is 9.90 Å². The second-order valence-electron chi connectivity index (χ2n) is 10.1. The predicted octanol–water partition coefficient (Wildman–Crippen LogP) is 4.15. The summed E-state index contributed by atoms with van der Waals surface area (Å²) in [5.74, 6) is 0.939. The second kappa shape index (κ2) is 10.4. The minimum absolute atomic E-state index is 0.0599. The molecule has 0 radical (unpaired) electrons. The highest BCUT2D eigenvalue weighted by Gasteiger charge is 2.41.